The summed E-state index contributed by atoms with van der Waals surface area (Å²) < 4.78 is 15.8. The van der Waals surface area contributed by atoms with Crippen LogP contribution in [0.3, 0.4) is 0 Å². The van der Waals surface area contributed by atoms with E-state index in [4.69, 9.17) is 19.2 Å². The van der Waals surface area contributed by atoms with E-state index in [0.29, 0.717) is 19.1 Å². The minimum absolute atomic E-state index is 0.0365. The minimum Gasteiger partial charge on any atom is -0.444 e. The Bertz CT molecular complexity index is 478. The number of hydrogen-bond donors (Lipinski definition) is 2. The summed E-state index contributed by atoms with van der Waals surface area (Å²) in [5, 5.41) is 6.35. The van der Waals surface area contributed by atoms with E-state index >= 15 is 0 Å². The topological polar surface area (TPSA) is 84.4 Å². The average molecular weight is 431 g/mol. The van der Waals surface area contributed by atoms with E-state index in [1.165, 1.54) is 0 Å². The van der Waals surface area contributed by atoms with Crippen molar-refractivity contribution in [2.75, 3.05) is 53.6 Å². The van der Waals surface area contributed by atoms with Crippen molar-refractivity contribution in [1.29, 1.82) is 0 Å². The molecule has 0 saturated heterocycles. The number of carbonyl (C=O) groups is 1. The van der Waals surface area contributed by atoms with Crippen molar-refractivity contribution >= 4 is 12.1 Å². The van der Waals surface area contributed by atoms with E-state index in [-0.39, 0.29) is 12.1 Å². The molecule has 30 heavy (non-hydrogen) atoms. The number of carbonyl (C=O) groups excluding carboxylic acids is 1. The molecule has 0 aliphatic heterocycles. The fourth-order valence-corrected chi connectivity index (χ4v) is 2.68. The summed E-state index contributed by atoms with van der Waals surface area (Å²) in [6.07, 6.45) is 2.40. The molecule has 8 heteroatoms. The van der Waals surface area contributed by atoms with Crippen molar-refractivity contribution in [3.63, 3.8) is 0 Å². The summed E-state index contributed by atoms with van der Waals surface area (Å²) in [4.78, 5) is 19.0. The molecular formula is C22H46N4O4. The third-order valence-electron chi connectivity index (χ3n) is 4.37. The number of methoxy groups -OCH3 is 1. The van der Waals surface area contributed by atoms with Gasteiger partial charge in [-0.2, -0.15) is 0 Å². The van der Waals surface area contributed by atoms with Crippen LogP contribution in [-0.2, 0) is 14.2 Å². The molecule has 1 unspecified atom stereocenters. The second-order valence-corrected chi connectivity index (χ2v) is 8.75. The second kappa shape index (κ2) is 16.2. The number of guanidine groups is 1. The smallest absolute Gasteiger partial charge is 0.407 e. The number of rotatable bonds is 14. The highest BCUT2D eigenvalue weighted by Crippen LogP contribution is 2.11. The molecule has 0 aromatic carbocycles. The molecule has 0 spiro atoms. The van der Waals surface area contributed by atoms with E-state index in [1.54, 1.807) is 7.11 Å². The molecule has 0 aliphatic rings. The van der Waals surface area contributed by atoms with Crippen molar-refractivity contribution in [3.8, 4) is 0 Å². The van der Waals surface area contributed by atoms with E-state index < -0.39 is 5.60 Å². The molecule has 0 aliphatic carbocycles. The predicted molar refractivity (Wildman–Crippen MR) is 123 cm³/mol. The molecule has 0 fully saturated rings. The van der Waals surface area contributed by atoms with Crippen molar-refractivity contribution in [1.82, 2.24) is 15.5 Å². The van der Waals surface area contributed by atoms with Gasteiger partial charge in [0.25, 0.3) is 0 Å². The molecule has 1 amide bonds. The number of unbranched alkanes of at least 4 members (excludes halogenated alkanes) is 1. The molecule has 0 aromatic heterocycles. The highest BCUT2D eigenvalue weighted by atomic mass is 16.6. The number of aliphatic imine (C=N–C) groups is 1. The maximum atomic E-state index is 12.1. The first-order valence-corrected chi connectivity index (χ1v) is 11.2. The van der Waals surface area contributed by atoms with E-state index in [1.807, 2.05) is 27.8 Å². The molecule has 0 rings (SSSR count). The predicted octanol–water partition coefficient (Wildman–Crippen LogP) is 3.27. The Labute approximate surface area is 184 Å². The first-order chi connectivity index (χ1) is 14.1. The average Bonchev–Trinajstić information content (AvgIpc) is 2.64. The van der Waals surface area contributed by atoms with Gasteiger partial charge in [-0.1, -0.05) is 13.8 Å². The van der Waals surface area contributed by atoms with Crippen LogP contribution in [-0.4, -0.2) is 82.2 Å². The normalized spacial score (nSPS) is 13.3. The van der Waals surface area contributed by atoms with Crippen LogP contribution >= 0.6 is 0 Å². The van der Waals surface area contributed by atoms with Crippen molar-refractivity contribution < 1.29 is 19.0 Å². The molecule has 0 saturated carbocycles. The van der Waals surface area contributed by atoms with Gasteiger partial charge in [0, 0.05) is 46.4 Å². The van der Waals surface area contributed by atoms with Crippen LogP contribution in [0.4, 0.5) is 4.79 Å². The van der Waals surface area contributed by atoms with Crippen molar-refractivity contribution in [2.24, 2.45) is 10.9 Å². The SMILES string of the molecule is CCNC(=NCCCCOCCOC)N(C)CCC(NC(=O)OC(C)(C)C)C(C)C. The van der Waals surface area contributed by atoms with Gasteiger partial charge >= 0.3 is 6.09 Å². The number of nitrogens with zero attached hydrogens (tertiary/aromatic N) is 2. The molecule has 0 heterocycles. The Morgan fingerprint density at radius 3 is 2.40 bits per heavy atom. The Hall–Kier alpha value is -1.54. The van der Waals surface area contributed by atoms with E-state index in [9.17, 15) is 4.79 Å². The third-order valence-corrected chi connectivity index (χ3v) is 4.37. The monoisotopic (exact) mass is 430 g/mol. The number of nitrogens with one attached hydrogen (secondary N) is 2. The number of hydrogen-bond acceptors (Lipinski definition) is 5. The molecule has 178 valence electrons. The largest absolute Gasteiger partial charge is 0.444 e. The first kappa shape index (κ1) is 28.5. The summed E-state index contributed by atoms with van der Waals surface area (Å²) in [5.41, 5.74) is -0.498. The maximum Gasteiger partial charge on any atom is 0.407 e. The van der Waals surface area contributed by atoms with Gasteiger partial charge in [0.15, 0.2) is 5.96 Å². The van der Waals surface area contributed by atoms with Gasteiger partial charge in [0.2, 0.25) is 0 Å². The Morgan fingerprint density at radius 2 is 1.83 bits per heavy atom. The standard InChI is InChI=1S/C22H46N4O4/c1-9-23-20(24-13-10-11-15-29-17-16-28-8)26(7)14-12-19(18(2)3)25-21(27)30-22(4,5)6/h18-19H,9-17H2,1-8H3,(H,23,24)(H,25,27). The van der Waals surface area contributed by atoms with Gasteiger partial charge in [0.1, 0.15) is 5.60 Å². The van der Waals surface area contributed by atoms with Crippen molar-refractivity contribution in [2.45, 2.75) is 72.4 Å². The van der Waals surface area contributed by atoms with E-state index in [2.05, 4.69) is 36.3 Å². The van der Waals surface area contributed by atoms with Crippen LogP contribution in [0.15, 0.2) is 4.99 Å². The van der Waals surface area contributed by atoms with Crippen LogP contribution in [0.5, 0.6) is 0 Å². The van der Waals surface area contributed by atoms with Gasteiger partial charge < -0.3 is 29.7 Å². The van der Waals surface area contributed by atoms with Crippen LogP contribution in [0, 0.1) is 5.92 Å². The zero-order valence-corrected chi connectivity index (χ0v) is 20.5. The summed E-state index contributed by atoms with van der Waals surface area (Å²) >= 11 is 0. The zero-order valence-electron chi connectivity index (χ0n) is 20.5. The lowest BCUT2D eigenvalue weighted by Crippen LogP contribution is -2.45. The number of amides is 1. The highest BCUT2D eigenvalue weighted by molar-refractivity contribution is 5.79. The minimum atomic E-state index is -0.498. The fourth-order valence-electron chi connectivity index (χ4n) is 2.68. The van der Waals surface area contributed by atoms with Crippen LogP contribution in [0.25, 0.3) is 0 Å². The fraction of sp³-hybridized carbons (Fsp3) is 0.909. The van der Waals surface area contributed by atoms with Crippen LogP contribution in [0.2, 0.25) is 0 Å². The van der Waals surface area contributed by atoms with Crippen LogP contribution < -0.4 is 10.6 Å². The van der Waals surface area contributed by atoms with Gasteiger partial charge in [-0.25, -0.2) is 4.79 Å². The molecule has 0 bridgehead atoms. The quantitative estimate of drug-likeness (QED) is 0.250. The molecule has 8 nitrogen and oxygen atoms in total. The molecule has 0 radical (unpaired) electrons. The zero-order chi connectivity index (χ0) is 23.0. The molecule has 0 aromatic rings. The summed E-state index contributed by atoms with van der Waals surface area (Å²) in [6.45, 7) is 16.2. The van der Waals surface area contributed by atoms with Gasteiger partial charge in [-0.05, 0) is 52.9 Å². The Morgan fingerprint density at radius 1 is 1.13 bits per heavy atom. The summed E-state index contributed by atoms with van der Waals surface area (Å²) in [5.74, 6) is 1.20. The molecular weight excluding hydrogens is 384 g/mol. The third kappa shape index (κ3) is 15.3. The molecule has 2 N–H and O–H groups in total. The highest BCUT2D eigenvalue weighted by Gasteiger charge is 2.22. The van der Waals surface area contributed by atoms with Gasteiger partial charge in [-0.3, -0.25) is 4.99 Å². The summed E-state index contributed by atoms with van der Waals surface area (Å²) in [7, 11) is 3.70. The lowest BCUT2D eigenvalue weighted by molar-refractivity contribution is 0.0486. The number of ether oxygens (including phenoxy) is 3. The second-order valence-electron chi connectivity index (χ2n) is 8.75. The van der Waals surface area contributed by atoms with Gasteiger partial charge in [-0.15, -0.1) is 0 Å². The maximum absolute atomic E-state index is 12.1. The van der Waals surface area contributed by atoms with Crippen LogP contribution in [0.1, 0.15) is 60.8 Å². The lowest BCUT2D eigenvalue weighted by atomic mass is 10.0. The Kier molecular flexibility index (Phi) is 15.4. The lowest BCUT2D eigenvalue weighted by Gasteiger charge is -2.28. The molecule has 1 atom stereocenters. The van der Waals surface area contributed by atoms with E-state index in [0.717, 1.165) is 51.5 Å². The van der Waals surface area contributed by atoms with Crippen molar-refractivity contribution in [3.05, 3.63) is 0 Å². The number of alkyl carbamates (subject to hydrolysis) is 1. The Balaban J connectivity index is 4.50. The van der Waals surface area contributed by atoms with Gasteiger partial charge in [0.05, 0.1) is 13.2 Å². The first-order valence-electron chi connectivity index (χ1n) is 11.2. The summed E-state index contributed by atoms with van der Waals surface area (Å²) in [6, 6.07) is 0.0365.